The third-order valence-electron chi connectivity index (χ3n) is 2.04. The van der Waals surface area contributed by atoms with Gasteiger partial charge >= 0.3 is 0 Å². The maximum atomic E-state index is 12.7. The van der Waals surface area contributed by atoms with E-state index in [9.17, 15) is 4.39 Å². The summed E-state index contributed by atoms with van der Waals surface area (Å²) in [6.07, 6.45) is 0. The van der Waals surface area contributed by atoms with Crippen LogP contribution in [-0.4, -0.2) is 9.78 Å². The van der Waals surface area contributed by atoms with Gasteiger partial charge in [0, 0.05) is 18.7 Å². The van der Waals surface area contributed by atoms with Gasteiger partial charge in [0.2, 0.25) is 0 Å². The van der Waals surface area contributed by atoms with Crippen molar-refractivity contribution in [1.82, 2.24) is 9.78 Å². The lowest BCUT2D eigenvalue weighted by atomic mass is 10.1. The Balaban J connectivity index is 2.49. The molecule has 0 aliphatic rings. The standard InChI is InChI=1S/C10H10FN3/c1-14-9(6-10(12)13-14)7-2-4-8(11)5-3-7/h2-6H,1H3,(H2,12,13). The van der Waals surface area contributed by atoms with E-state index in [1.54, 1.807) is 29.9 Å². The molecule has 0 fully saturated rings. The molecule has 2 rings (SSSR count). The van der Waals surface area contributed by atoms with Crippen LogP contribution >= 0.6 is 0 Å². The summed E-state index contributed by atoms with van der Waals surface area (Å²) in [4.78, 5) is 0. The molecule has 2 aromatic rings. The van der Waals surface area contributed by atoms with Gasteiger partial charge in [-0.1, -0.05) is 0 Å². The number of nitrogens with zero attached hydrogens (tertiary/aromatic N) is 2. The number of nitrogen functional groups attached to an aromatic ring is 1. The molecule has 0 aliphatic heterocycles. The number of hydrogen-bond donors (Lipinski definition) is 1. The molecule has 0 aliphatic carbocycles. The molecule has 0 bridgehead atoms. The topological polar surface area (TPSA) is 43.8 Å². The molecule has 0 spiro atoms. The number of halogens is 1. The molecule has 3 nitrogen and oxygen atoms in total. The van der Waals surface area contributed by atoms with Crippen molar-refractivity contribution in [3.63, 3.8) is 0 Å². The fourth-order valence-corrected chi connectivity index (χ4v) is 1.38. The van der Waals surface area contributed by atoms with Crippen LogP contribution in [-0.2, 0) is 7.05 Å². The first-order chi connectivity index (χ1) is 6.66. The third-order valence-corrected chi connectivity index (χ3v) is 2.04. The van der Waals surface area contributed by atoms with Gasteiger partial charge < -0.3 is 5.73 Å². The number of nitrogens with two attached hydrogens (primary N) is 1. The van der Waals surface area contributed by atoms with Gasteiger partial charge in [-0.2, -0.15) is 5.10 Å². The van der Waals surface area contributed by atoms with Gasteiger partial charge in [-0.3, -0.25) is 4.68 Å². The molecular weight excluding hydrogens is 181 g/mol. The summed E-state index contributed by atoms with van der Waals surface area (Å²) in [5.74, 6) is 0.218. The quantitative estimate of drug-likeness (QED) is 0.747. The number of benzene rings is 1. The van der Waals surface area contributed by atoms with Gasteiger partial charge in [0.25, 0.3) is 0 Å². The van der Waals surface area contributed by atoms with Crippen molar-refractivity contribution in [2.45, 2.75) is 0 Å². The highest BCUT2D eigenvalue weighted by Gasteiger charge is 2.04. The van der Waals surface area contributed by atoms with Crippen molar-refractivity contribution in [2.24, 2.45) is 7.05 Å². The SMILES string of the molecule is Cn1nc(N)cc1-c1ccc(F)cc1. The van der Waals surface area contributed by atoms with Gasteiger partial charge in [0.05, 0.1) is 5.69 Å². The Morgan fingerprint density at radius 2 is 1.93 bits per heavy atom. The van der Waals surface area contributed by atoms with E-state index in [4.69, 9.17) is 5.73 Å². The Morgan fingerprint density at radius 3 is 2.43 bits per heavy atom. The molecule has 1 aromatic heterocycles. The highest BCUT2D eigenvalue weighted by Crippen LogP contribution is 2.20. The highest BCUT2D eigenvalue weighted by atomic mass is 19.1. The van der Waals surface area contributed by atoms with Gasteiger partial charge in [-0.15, -0.1) is 0 Å². The summed E-state index contributed by atoms with van der Waals surface area (Å²) in [6.45, 7) is 0. The number of hydrogen-bond acceptors (Lipinski definition) is 2. The van der Waals surface area contributed by atoms with Crippen molar-refractivity contribution in [3.05, 3.63) is 36.1 Å². The minimum Gasteiger partial charge on any atom is -0.382 e. The Hall–Kier alpha value is -1.84. The van der Waals surface area contributed by atoms with Crippen LogP contribution in [0.1, 0.15) is 0 Å². The zero-order chi connectivity index (χ0) is 10.1. The second-order valence-electron chi connectivity index (χ2n) is 3.08. The average molecular weight is 191 g/mol. The van der Waals surface area contributed by atoms with Crippen LogP contribution in [0.2, 0.25) is 0 Å². The van der Waals surface area contributed by atoms with Crippen LogP contribution < -0.4 is 5.73 Å². The van der Waals surface area contributed by atoms with Gasteiger partial charge in [0.15, 0.2) is 0 Å². The second kappa shape index (κ2) is 3.14. The van der Waals surface area contributed by atoms with E-state index in [2.05, 4.69) is 5.10 Å². The molecule has 0 saturated heterocycles. The van der Waals surface area contributed by atoms with Crippen molar-refractivity contribution >= 4 is 5.82 Å². The Morgan fingerprint density at radius 1 is 1.29 bits per heavy atom. The number of anilines is 1. The van der Waals surface area contributed by atoms with Gasteiger partial charge in [0.1, 0.15) is 11.6 Å². The van der Waals surface area contributed by atoms with Crippen molar-refractivity contribution in [3.8, 4) is 11.3 Å². The monoisotopic (exact) mass is 191 g/mol. The van der Waals surface area contributed by atoms with E-state index in [-0.39, 0.29) is 5.82 Å². The van der Waals surface area contributed by atoms with Crippen LogP contribution in [0, 0.1) is 5.82 Å². The van der Waals surface area contributed by atoms with Crippen LogP contribution in [0.5, 0.6) is 0 Å². The average Bonchev–Trinajstić information content (AvgIpc) is 2.47. The molecular formula is C10H10FN3. The minimum absolute atomic E-state index is 0.246. The lowest BCUT2D eigenvalue weighted by Crippen LogP contribution is -1.94. The van der Waals surface area contributed by atoms with Gasteiger partial charge in [-0.05, 0) is 24.3 Å². The van der Waals surface area contributed by atoms with Crippen molar-refractivity contribution in [2.75, 3.05) is 5.73 Å². The van der Waals surface area contributed by atoms with E-state index in [0.717, 1.165) is 11.3 Å². The molecule has 72 valence electrons. The summed E-state index contributed by atoms with van der Waals surface area (Å²) in [7, 11) is 1.80. The van der Waals surface area contributed by atoms with Gasteiger partial charge in [-0.25, -0.2) is 4.39 Å². The maximum Gasteiger partial charge on any atom is 0.146 e. The third kappa shape index (κ3) is 1.46. The number of aromatic nitrogens is 2. The zero-order valence-electron chi connectivity index (χ0n) is 7.74. The van der Waals surface area contributed by atoms with Crippen LogP contribution in [0.15, 0.2) is 30.3 Å². The van der Waals surface area contributed by atoms with E-state index < -0.39 is 0 Å². The second-order valence-corrected chi connectivity index (χ2v) is 3.08. The lowest BCUT2D eigenvalue weighted by Gasteiger charge is -2.00. The fraction of sp³-hybridized carbons (Fsp3) is 0.100. The summed E-state index contributed by atoms with van der Waals surface area (Å²) in [5, 5.41) is 4.01. The molecule has 0 amide bonds. The lowest BCUT2D eigenvalue weighted by molar-refractivity contribution is 0.628. The predicted molar refractivity (Wildman–Crippen MR) is 53.0 cm³/mol. The summed E-state index contributed by atoms with van der Waals surface area (Å²) >= 11 is 0. The first-order valence-electron chi connectivity index (χ1n) is 4.22. The largest absolute Gasteiger partial charge is 0.382 e. The first kappa shape index (κ1) is 8.74. The zero-order valence-corrected chi connectivity index (χ0v) is 7.74. The number of aryl methyl sites for hydroxylation is 1. The minimum atomic E-state index is -0.246. The Labute approximate surface area is 81.0 Å². The van der Waals surface area contributed by atoms with Crippen LogP contribution in [0.4, 0.5) is 10.2 Å². The summed E-state index contributed by atoms with van der Waals surface area (Å²) < 4.78 is 14.3. The summed E-state index contributed by atoms with van der Waals surface area (Å²) in [5.41, 5.74) is 7.32. The Kier molecular flexibility index (Phi) is 1.96. The first-order valence-corrected chi connectivity index (χ1v) is 4.22. The normalized spacial score (nSPS) is 10.4. The molecule has 14 heavy (non-hydrogen) atoms. The van der Waals surface area contributed by atoms with E-state index in [0.29, 0.717) is 5.82 Å². The number of rotatable bonds is 1. The van der Waals surface area contributed by atoms with Crippen LogP contribution in [0.3, 0.4) is 0 Å². The molecule has 0 radical (unpaired) electrons. The molecule has 0 saturated carbocycles. The van der Waals surface area contributed by atoms with Crippen molar-refractivity contribution in [1.29, 1.82) is 0 Å². The van der Waals surface area contributed by atoms with Crippen LogP contribution in [0.25, 0.3) is 11.3 Å². The molecule has 2 N–H and O–H groups in total. The van der Waals surface area contributed by atoms with E-state index in [1.165, 1.54) is 12.1 Å². The highest BCUT2D eigenvalue weighted by molar-refractivity contribution is 5.62. The molecule has 0 unspecified atom stereocenters. The predicted octanol–water partition coefficient (Wildman–Crippen LogP) is 1.81. The maximum absolute atomic E-state index is 12.7. The molecule has 1 aromatic carbocycles. The van der Waals surface area contributed by atoms with E-state index >= 15 is 0 Å². The summed E-state index contributed by atoms with van der Waals surface area (Å²) in [6, 6.07) is 7.99. The van der Waals surface area contributed by atoms with E-state index in [1.807, 2.05) is 0 Å². The molecule has 4 heteroatoms. The molecule has 1 heterocycles. The fourth-order valence-electron chi connectivity index (χ4n) is 1.38. The smallest absolute Gasteiger partial charge is 0.146 e. The Bertz CT molecular complexity index is 445. The molecule has 0 atom stereocenters. The van der Waals surface area contributed by atoms with Crippen molar-refractivity contribution < 1.29 is 4.39 Å².